The number of esters is 1. The Labute approximate surface area is 143 Å². The number of aryl methyl sites for hydroxylation is 1. The number of nitrogens with one attached hydrogen (secondary N) is 1. The van der Waals surface area contributed by atoms with Crippen LogP contribution in [0.15, 0.2) is 30.3 Å². The van der Waals surface area contributed by atoms with E-state index in [-0.39, 0.29) is 43.0 Å². The summed E-state index contributed by atoms with van der Waals surface area (Å²) in [5.41, 5.74) is 1.02. The Balaban J connectivity index is 1.58. The predicted molar refractivity (Wildman–Crippen MR) is 88.3 cm³/mol. The lowest BCUT2D eigenvalue weighted by Crippen LogP contribution is -2.38. The third-order valence-electron chi connectivity index (χ3n) is 3.32. The van der Waals surface area contributed by atoms with Crippen LogP contribution in [0.5, 0.6) is 0 Å². The Morgan fingerprint density at radius 2 is 1.96 bits per heavy atom. The summed E-state index contributed by atoms with van der Waals surface area (Å²) in [6.45, 7) is -0.110. The van der Waals surface area contributed by atoms with E-state index in [0.29, 0.717) is 6.42 Å². The Bertz CT molecular complexity index is 604. The first kappa shape index (κ1) is 18.0. The highest BCUT2D eigenvalue weighted by Gasteiger charge is 2.29. The van der Waals surface area contributed by atoms with Crippen molar-refractivity contribution < 1.29 is 23.9 Å². The van der Waals surface area contributed by atoms with E-state index in [9.17, 15) is 19.2 Å². The average Bonchev–Trinajstić information content (AvgIpc) is 2.91. The number of thioether (sulfide) groups is 1. The molecule has 0 unspecified atom stereocenters. The van der Waals surface area contributed by atoms with Crippen molar-refractivity contribution in [1.29, 1.82) is 0 Å². The minimum absolute atomic E-state index is 0.123. The fraction of sp³-hybridized carbons (Fsp3) is 0.375. The van der Waals surface area contributed by atoms with Gasteiger partial charge in [0.2, 0.25) is 5.91 Å². The van der Waals surface area contributed by atoms with Crippen LogP contribution in [0.1, 0.15) is 12.0 Å². The fourth-order valence-corrected chi connectivity index (χ4v) is 2.82. The molecule has 8 heteroatoms. The van der Waals surface area contributed by atoms with Gasteiger partial charge in [-0.15, -0.1) is 0 Å². The van der Waals surface area contributed by atoms with E-state index < -0.39 is 11.9 Å². The molecule has 1 aliphatic heterocycles. The second kappa shape index (κ2) is 9.07. The molecule has 7 nitrogen and oxygen atoms in total. The molecule has 2 rings (SSSR count). The summed E-state index contributed by atoms with van der Waals surface area (Å²) < 4.78 is 4.89. The molecule has 24 heavy (non-hydrogen) atoms. The molecular weight excluding hydrogens is 332 g/mol. The van der Waals surface area contributed by atoms with Gasteiger partial charge in [-0.1, -0.05) is 42.1 Å². The van der Waals surface area contributed by atoms with Crippen LogP contribution in [-0.4, -0.2) is 53.4 Å². The standard InChI is InChI=1S/C16H18N2O5S/c19-13(17-8-9-18-14(20)11-24-16(18)22)10-23-15(21)7-6-12-4-2-1-3-5-12/h1-5H,6-11H2,(H,17,19). The minimum atomic E-state index is -0.463. The minimum Gasteiger partial charge on any atom is -0.456 e. The van der Waals surface area contributed by atoms with Gasteiger partial charge < -0.3 is 10.1 Å². The molecule has 0 aromatic heterocycles. The lowest BCUT2D eigenvalue weighted by molar-refractivity contribution is -0.148. The summed E-state index contributed by atoms with van der Waals surface area (Å²) in [5, 5.41) is 2.20. The zero-order valence-corrected chi connectivity index (χ0v) is 13.8. The van der Waals surface area contributed by atoms with Crippen LogP contribution in [0.3, 0.4) is 0 Å². The number of amides is 3. The Hall–Kier alpha value is -2.35. The van der Waals surface area contributed by atoms with Crippen molar-refractivity contribution in [3.63, 3.8) is 0 Å². The van der Waals surface area contributed by atoms with E-state index in [1.165, 1.54) is 0 Å². The van der Waals surface area contributed by atoms with Crippen LogP contribution in [0.4, 0.5) is 4.79 Å². The number of ether oxygens (including phenoxy) is 1. The van der Waals surface area contributed by atoms with Gasteiger partial charge in [-0.25, -0.2) is 0 Å². The first-order chi connectivity index (χ1) is 11.6. The first-order valence-corrected chi connectivity index (χ1v) is 8.48. The summed E-state index contributed by atoms with van der Waals surface area (Å²) in [5.74, 6) is -1.03. The summed E-state index contributed by atoms with van der Waals surface area (Å²) >= 11 is 0.945. The molecule has 0 aliphatic carbocycles. The maximum atomic E-state index is 11.6. The Morgan fingerprint density at radius 1 is 1.21 bits per heavy atom. The van der Waals surface area contributed by atoms with Gasteiger partial charge in [-0.05, 0) is 12.0 Å². The SMILES string of the molecule is O=C(COC(=O)CCc1ccccc1)NCCN1C(=O)CSC1=O. The molecule has 1 aromatic rings. The third kappa shape index (κ3) is 5.69. The van der Waals surface area contributed by atoms with E-state index >= 15 is 0 Å². The molecule has 1 N–H and O–H groups in total. The van der Waals surface area contributed by atoms with Crippen LogP contribution < -0.4 is 5.32 Å². The first-order valence-electron chi connectivity index (χ1n) is 7.49. The van der Waals surface area contributed by atoms with Gasteiger partial charge >= 0.3 is 5.97 Å². The normalized spacial score (nSPS) is 13.9. The zero-order chi connectivity index (χ0) is 17.4. The van der Waals surface area contributed by atoms with Crippen molar-refractivity contribution in [3.05, 3.63) is 35.9 Å². The number of nitrogens with zero attached hydrogens (tertiary/aromatic N) is 1. The Morgan fingerprint density at radius 3 is 2.62 bits per heavy atom. The molecule has 1 heterocycles. The van der Waals surface area contributed by atoms with Gasteiger partial charge in [0.05, 0.1) is 5.75 Å². The molecular formula is C16H18N2O5S. The topological polar surface area (TPSA) is 92.8 Å². The molecule has 1 aliphatic rings. The van der Waals surface area contributed by atoms with E-state index in [4.69, 9.17) is 4.74 Å². The molecule has 3 amide bonds. The monoisotopic (exact) mass is 350 g/mol. The van der Waals surface area contributed by atoms with Crippen molar-refractivity contribution in [2.75, 3.05) is 25.4 Å². The molecule has 128 valence electrons. The van der Waals surface area contributed by atoms with Crippen molar-refractivity contribution in [2.45, 2.75) is 12.8 Å². The number of hydrogen-bond acceptors (Lipinski definition) is 6. The quantitative estimate of drug-likeness (QED) is 0.703. The number of imide groups is 1. The second-order valence-corrected chi connectivity index (χ2v) is 6.02. The fourth-order valence-electron chi connectivity index (χ4n) is 2.06. The van der Waals surface area contributed by atoms with E-state index in [1.807, 2.05) is 30.3 Å². The van der Waals surface area contributed by atoms with E-state index in [2.05, 4.69) is 5.32 Å². The summed E-state index contributed by atoms with van der Waals surface area (Å²) in [6.07, 6.45) is 0.753. The molecule has 0 spiro atoms. The highest BCUT2D eigenvalue weighted by molar-refractivity contribution is 8.14. The summed E-state index contributed by atoms with van der Waals surface area (Å²) in [4.78, 5) is 47.0. The van der Waals surface area contributed by atoms with Crippen molar-refractivity contribution >= 4 is 34.8 Å². The van der Waals surface area contributed by atoms with E-state index in [1.54, 1.807) is 0 Å². The van der Waals surface area contributed by atoms with Gasteiger partial charge in [0.15, 0.2) is 6.61 Å². The number of carbonyl (C=O) groups excluding carboxylic acids is 4. The molecule has 1 saturated heterocycles. The molecule has 0 saturated carbocycles. The average molecular weight is 350 g/mol. The molecule has 1 fully saturated rings. The van der Waals surface area contributed by atoms with Crippen LogP contribution in [0.2, 0.25) is 0 Å². The van der Waals surface area contributed by atoms with Crippen molar-refractivity contribution in [2.24, 2.45) is 0 Å². The summed E-state index contributed by atoms with van der Waals surface area (Å²) in [6, 6.07) is 9.51. The number of benzene rings is 1. The zero-order valence-electron chi connectivity index (χ0n) is 13.0. The lowest BCUT2D eigenvalue weighted by Gasteiger charge is -2.13. The van der Waals surface area contributed by atoms with Crippen LogP contribution in [0, 0.1) is 0 Å². The van der Waals surface area contributed by atoms with Crippen LogP contribution in [0.25, 0.3) is 0 Å². The van der Waals surface area contributed by atoms with Gasteiger partial charge in [-0.2, -0.15) is 0 Å². The smallest absolute Gasteiger partial charge is 0.306 e. The number of hydrogen-bond donors (Lipinski definition) is 1. The van der Waals surface area contributed by atoms with Gasteiger partial charge in [0, 0.05) is 19.5 Å². The highest BCUT2D eigenvalue weighted by atomic mass is 32.2. The maximum Gasteiger partial charge on any atom is 0.306 e. The molecule has 0 bridgehead atoms. The Kier molecular flexibility index (Phi) is 6.80. The van der Waals surface area contributed by atoms with Crippen LogP contribution >= 0.6 is 11.8 Å². The van der Waals surface area contributed by atoms with Crippen molar-refractivity contribution in [3.8, 4) is 0 Å². The van der Waals surface area contributed by atoms with Gasteiger partial charge in [0.1, 0.15) is 0 Å². The molecule has 0 radical (unpaired) electrons. The third-order valence-corrected chi connectivity index (χ3v) is 4.18. The largest absolute Gasteiger partial charge is 0.456 e. The summed E-state index contributed by atoms with van der Waals surface area (Å²) in [7, 11) is 0. The van der Waals surface area contributed by atoms with Crippen molar-refractivity contribution in [1.82, 2.24) is 10.2 Å². The number of rotatable bonds is 8. The number of carbonyl (C=O) groups is 4. The lowest BCUT2D eigenvalue weighted by atomic mass is 10.1. The van der Waals surface area contributed by atoms with Gasteiger partial charge in [-0.3, -0.25) is 24.1 Å². The predicted octanol–water partition coefficient (Wildman–Crippen LogP) is 0.974. The van der Waals surface area contributed by atoms with Gasteiger partial charge in [0.25, 0.3) is 11.1 Å². The molecule has 1 aromatic carbocycles. The van der Waals surface area contributed by atoms with Crippen LogP contribution in [-0.2, 0) is 25.5 Å². The molecule has 0 atom stereocenters. The second-order valence-electron chi connectivity index (χ2n) is 5.10. The highest BCUT2D eigenvalue weighted by Crippen LogP contribution is 2.17. The van der Waals surface area contributed by atoms with E-state index in [0.717, 1.165) is 22.2 Å². The maximum absolute atomic E-state index is 11.6.